The molecule has 0 saturated heterocycles. The molecule has 1 fully saturated rings. The topological polar surface area (TPSA) is 20.2 Å². The van der Waals surface area contributed by atoms with Crippen molar-refractivity contribution in [1.29, 1.82) is 0 Å². The van der Waals surface area contributed by atoms with Crippen molar-refractivity contribution in [3.05, 3.63) is 0 Å². The van der Waals surface area contributed by atoms with Crippen molar-refractivity contribution < 1.29 is 18.3 Å². The monoisotopic (exact) mass is 210 g/mol. The summed E-state index contributed by atoms with van der Waals surface area (Å²) in [5.74, 6) is -0.684. The van der Waals surface area contributed by atoms with E-state index in [0.29, 0.717) is 6.42 Å². The second-order valence-corrected chi connectivity index (χ2v) is 4.51. The van der Waals surface area contributed by atoms with Crippen molar-refractivity contribution in [3.8, 4) is 0 Å². The van der Waals surface area contributed by atoms with E-state index in [-0.39, 0.29) is 5.92 Å². The maximum atomic E-state index is 12.5. The maximum Gasteiger partial charge on any atom is 0.417 e. The highest BCUT2D eigenvalue weighted by Crippen LogP contribution is 2.44. The minimum atomic E-state index is -4.51. The van der Waals surface area contributed by atoms with Crippen LogP contribution in [-0.2, 0) is 0 Å². The minimum Gasteiger partial charge on any atom is -0.380 e. The Balaban J connectivity index is 2.79. The van der Waals surface area contributed by atoms with Crippen LogP contribution in [0.25, 0.3) is 0 Å². The molecular weight excluding hydrogens is 193 g/mol. The van der Waals surface area contributed by atoms with Gasteiger partial charge in [-0.2, -0.15) is 13.2 Å². The molecule has 0 spiro atoms. The number of rotatable bonds is 1. The molecule has 0 aliphatic heterocycles. The molecule has 1 saturated carbocycles. The summed E-state index contributed by atoms with van der Waals surface area (Å²) in [7, 11) is 0. The van der Waals surface area contributed by atoms with Crippen LogP contribution in [0.3, 0.4) is 0 Å². The molecule has 0 aromatic rings. The van der Waals surface area contributed by atoms with Crippen molar-refractivity contribution >= 4 is 0 Å². The Hall–Kier alpha value is -0.250. The van der Waals surface area contributed by atoms with E-state index in [1.165, 1.54) is 0 Å². The van der Waals surface area contributed by atoms with Crippen LogP contribution in [0.15, 0.2) is 0 Å². The average Bonchev–Trinajstić information content (AvgIpc) is 2.02. The predicted octanol–water partition coefficient (Wildman–Crippen LogP) is 3.13. The van der Waals surface area contributed by atoms with Crippen molar-refractivity contribution in [2.24, 2.45) is 11.8 Å². The molecule has 0 aromatic heterocycles. The van der Waals surface area contributed by atoms with Crippen LogP contribution in [0.4, 0.5) is 13.2 Å². The van der Waals surface area contributed by atoms with E-state index in [1.54, 1.807) is 6.92 Å². The number of aliphatic hydroxyl groups is 1. The highest BCUT2D eigenvalue weighted by atomic mass is 19.4. The fourth-order valence-corrected chi connectivity index (χ4v) is 2.36. The number of halogens is 3. The summed E-state index contributed by atoms with van der Waals surface area (Å²) in [5.41, 5.74) is -2.52. The number of hydrogen-bond acceptors (Lipinski definition) is 1. The van der Waals surface area contributed by atoms with Crippen molar-refractivity contribution in [3.63, 3.8) is 0 Å². The molecule has 84 valence electrons. The highest BCUT2D eigenvalue weighted by molar-refractivity contribution is 4.92. The lowest BCUT2D eigenvalue weighted by Crippen LogP contribution is -2.51. The standard InChI is InChI=1S/C10H17F3O/c1-7-5-3-4-6-8(7)9(2,14)10(11,12)13/h7-8,14H,3-6H2,1-2H3. The van der Waals surface area contributed by atoms with Gasteiger partial charge in [0.25, 0.3) is 0 Å². The van der Waals surface area contributed by atoms with E-state index in [9.17, 15) is 18.3 Å². The Bertz CT molecular complexity index is 198. The highest BCUT2D eigenvalue weighted by Gasteiger charge is 2.56. The third kappa shape index (κ3) is 2.05. The van der Waals surface area contributed by atoms with Gasteiger partial charge in [-0.3, -0.25) is 0 Å². The molecule has 1 rings (SSSR count). The second kappa shape index (κ2) is 3.72. The second-order valence-electron chi connectivity index (χ2n) is 4.51. The van der Waals surface area contributed by atoms with Gasteiger partial charge in [0.2, 0.25) is 0 Å². The van der Waals surface area contributed by atoms with Gasteiger partial charge in [0, 0.05) is 0 Å². The summed E-state index contributed by atoms with van der Waals surface area (Å²) in [5, 5.41) is 9.52. The summed E-state index contributed by atoms with van der Waals surface area (Å²) >= 11 is 0. The van der Waals surface area contributed by atoms with Gasteiger partial charge in [-0.05, 0) is 25.2 Å². The smallest absolute Gasteiger partial charge is 0.380 e. The minimum absolute atomic E-state index is 0.0413. The molecule has 1 aliphatic rings. The molecule has 3 unspecified atom stereocenters. The Morgan fingerprint density at radius 2 is 1.64 bits per heavy atom. The Kier molecular flexibility index (Phi) is 3.14. The maximum absolute atomic E-state index is 12.5. The largest absolute Gasteiger partial charge is 0.417 e. The predicted molar refractivity (Wildman–Crippen MR) is 47.8 cm³/mol. The lowest BCUT2D eigenvalue weighted by Gasteiger charge is -2.40. The normalized spacial score (nSPS) is 33.9. The Morgan fingerprint density at radius 3 is 2.07 bits per heavy atom. The summed E-state index contributed by atoms with van der Waals surface area (Å²) in [6, 6.07) is 0. The van der Waals surface area contributed by atoms with E-state index < -0.39 is 17.7 Å². The zero-order valence-electron chi connectivity index (χ0n) is 8.56. The van der Waals surface area contributed by atoms with Crippen LogP contribution in [0.5, 0.6) is 0 Å². The van der Waals surface area contributed by atoms with E-state index >= 15 is 0 Å². The molecule has 14 heavy (non-hydrogen) atoms. The van der Waals surface area contributed by atoms with Gasteiger partial charge in [-0.1, -0.05) is 26.2 Å². The van der Waals surface area contributed by atoms with Gasteiger partial charge in [-0.25, -0.2) is 0 Å². The van der Waals surface area contributed by atoms with Crippen molar-refractivity contribution in [2.45, 2.75) is 51.3 Å². The van der Waals surface area contributed by atoms with Crippen LogP contribution in [0.2, 0.25) is 0 Å². The number of alkyl halides is 3. The van der Waals surface area contributed by atoms with Crippen LogP contribution in [-0.4, -0.2) is 16.9 Å². The molecule has 1 aliphatic carbocycles. The van der Waals surface area contributed by atoms with Crippen LogP contribution < -0.4 is 0 Å². The fraction of sp³-hybridized carbons (Fsp3) is 1.00. The van der Waals surface area contributed by atoms with Crippen LogP contribution >= 0.6 is 0 Å². The summed E-state index contributed by atoms with van der Waals surface area (Å²) in [6.07, 6.45) is -1.47. The molecular formula is C10H17F3O. The third-order valence-electron chi connectivity index (χ3n) is 3.41. The molecule has 0 aromatic carbocycles. The first-order valence-electron chi connectivity index (χ1n) is 5.06. The number of hydrogen-bond donors (Lipinski definition) is 1. The van der Waals surface area contributed by atoms with Crippen LogP contribution in [0, 0.1) is 11.8 Å². The van der Waals surface area contributed by atoms with Crippen LogP contribution in [0.1, 0.15) is 39.5 Å². The lowest BCUT2D eigenvalue weighted by atomic mass is 9.71. The molecule has 3 atom stereocenters. The molecule has 4 heteroatoms. The molecule has 0 heterocycles. The van der Waals surface area contributed by atoms with Gasteiger partial charge in [-0.15, -0.1) is 0 Å². The molecule has 0 bridgehead atoms. The quantitative estimate of drug-likeness (QED) is 0.705. The van der Waals surface area contributed by atoms with E-state index in [0.717, 1.165) is 26.2 Å². The van der Waals surface area contributed by atoms with Crippen molar-refractivity contribution in [2.75, 3.05) is 0 Å². The first kappa shape index (κ1) is 11.8. The lowest BCUT2D eigenvalue weighted by molar-refractivity contribution is -0.280. The summed E-state index contributed by atoms with van der Waals surface area (Å²) in [4.78, 5) is 0. The van der Waals surface area contributed by atoms with E-state index in [1.807, 2.05) is 0 Å². The van der Waals surface area contributed by atoms with Gasteiger partial charge in [0.1, 0.15) is 0 Å². The zero-order valence-corrected chi connectivity index (χ0v) is 8.56. The molecule has 0 amide bonds. The summed E-state index contributed by atoms with van der Waals surface area (Å²) < 4.78 is 37.6. The average molecular weight is 210 g/mol. The zero-order chi connectivity index (χ0) is 11.0. The molecule has 1 N–H and O–H groups in total. The first-order valence-corrected chi connectivity index (χ1v) is 5.06. The fourth-order valence-electron chi connectivity index (χ4n) is 2.36. The molecule has 1 nitrogen and oxygen atoms in total. The van der Waals surface area contributed by atoms with Crippen molar-refractivity contribution in [1.82, 2.24) is 0 Å². The SMILES string of the molecule is CC1CCCCC1C(C)(O)C(F)(F)F. The van der Waals surface area contributed by atoms with E-state index in [4.69, 9.17) is 0 Å². The van der Waals surface area contributed by atoms with E-state index in [2.05, 4.69) is 0 Å². The van der Waals surface area contributed by atoms with Gasteiger partial charge < -0.3 is 5.11 Å². The summed E-state index contributed by atoms with van der Waals surface area (Å²) in [6.45, 7) is 2.70. The molecule has 0 radical (unpaired) electrons. The van der Waals surface area contributed by atoms with Gasteiger partial charge >= 0.3 is 6.18 Å². The Labute approximate surface area is 82.3 Å². The van der Waals surface area contributed by atoms with Gasteiger partial charge in [0.05, 0.1) is 0 Å². The Morgan fingerprint density at radius 1 is 1.14 bits per heavy atom. The van der Waals surface area contributed by atoms with Gasteiger partial charge in [0.15, 0.2) is 5.60 Å². The third-order valence-corrected chi connectivity index (χ3v) is 3.41. The first-order chi connectivity index (χ1) is 6.27.